The van der Waals surface area contributed by atoms with Crippen LogP contribution in [0.1, 0.15) is 40.0 Å². The molecule has 1 unspecified atom stereocenters. The van der Waals surface area contributed by atoms with Crippen molar-refractivity contribution in [2.45, 2.75) is 51.6 Å². The Kier molecular flexibility index (Phi) is 7.97. The van der Waals surface area contributed by atoms with Crippen molar-refractivity contribution in [3.8, 4) is 0 Å². The van der Waals surface area contributed by atoms with Gasteiger partial charge in [0.25, 0.3) is 0 Å². The van der Waals surface area contributed by atoms with Gasteiger partial charge in [-0.05, 0) is 53.8 Å². The molecule has 2 rings (SSSR count). The Morgan fingerprint density at radius 1 is 1.00 bits per heavy atom. The van der Waals surface area contributed by atoms with Crippen LogP contribution in [0.4, 0.5) is 0 Å². The van der Waals surface area contributed by atoms with Gasteiger partial charge < -0.3 is 15.5 Å². The van der Waals surface area contributed by atoms with Crippen LogP contribution in [0.2, 0.25) is 0 Å². The van der Waals surface area contributed by atoms with E-state index in [4.69, 9.17) is 0 Å². The van der Waals surface area contributed by atoms with Gasteiger partial charge in [-0.2, -0.15) is 0 Å². The number of likely N-dealkylation sites (N-methyl/N-ethyl adjacent to an activating group) is 1. The zero-order chi connectivity index (χ0) is 18.3. The molecule has 2 fully saturated rings. The first-order valence-corrected chi connectivity index (χ1v) is 10.0. The van der Waals surface area contributed by atoms with Crippen LogP contribution in [0.5, 0.6) is 0 Å². The molecule has 0 spiro atoms. The zero-order valence-electron chi connectivity index (χ0n) is 17.1. The van der Waals surface area contributed by atoms with Crippen LogP contribution in [-0.2, 0) is 0 Å². The average molecular weight is 353 g/mol. The Balaban J connectivity index is 1.72. The van der Waals surface area contributed by atoms with Crippen LogP contribution in [0.15, 0.2) is 4.99 Å². The molecule has 2 N–H and O–H groups in total. The van der Waals surface area contributed by atoms with Gasteiger partial charge in [-0.3, -0.25) is 14.8 Å². The van der Waals surface area contributed by atoms with Gasteiger partial charge in [0.05, 0.1) is 0 Å². The zero-order valence-corrected chi connectivity index (χ0v) is 17.1. The van der Waals surface area contributed by atoms with Gasteiger partial charge in [-0.25, -0.2) is 0 Å². The Labute approximate surface area is 155 Å². The molecule has 0 saturated carbocycles. The highest BCUT2D eigenvalue weighted by molar-refractivity contribution is 5.79. The number of rotatable bonds is 6. The first-order chi connectivity index (χ1) is 11.9. The minimum Gasteiger partial charge on any atom is -0.355 e. The Morgan fingerprint density at radius 3 is 2.24 bits per heavy atom. The highest BCUT2D eigenvalue weighted by atomic mass is 15.3. The number of piperazine rings is 1. The SMILES string of the molecule is CN=C(NCC(C)N1CCN(C)CC1)NCC(C)(C)N1CCCCC1. The first kappa shape index (κ1) is 20.5. The summed E-state index contributed by atoms with van der Waals surface area (Å²) in [6.45, 7) is 16.0. The van der Waals surface area contributed by atoms with E-state index in [1.807, 2.05) is 7.05 Å². The molecule has 1 atom stereocenters. The molecule has 0 aromatic rings. The number of nitrogens with zero attached hydrogens (tertiary/aromatic N) is 4. The standard InChI is InChI=1S/C19H40N6/c1-17(24-13-11-23(5)12-14-24)15-21-18(20-4)22-16-19(2,3)25-9-7-6-8-10-25/h17H,6-16H2,1-5H3,(H2,20,21,22). The van der Waals surface area contributed by atoms with E-state index in [9.17, 15) is 0 Å². The second-order valence-corrected chi connectivity index (χ2v) is 8.36. The number of hydrogen-bond donors (Lipinski definition) is 2. The molecule has 2 aliphatic rings. The van der Waals surface area contributed by atoms with Crippen molar-refractivity contribution in [2.24, 2.45) is 4.99 Å². The minimum absolute atomic E-state index is 0.168. The van der Waals surface area contributed by atoms with E-state index < -0.39 is 0 Å². The van der Waals surface area contributed by atoms with E-state index in [2.05, 4.69) is 58.1 Å². The summed E-state index contributed by atoms with van der Waals surface area (Å²) in [7, 11) is 4.07. The quantitative estimate of drug-likeness (QED) is 0.553. The van der Waals surface area contributed by atoms with Crippen molar-refractivity contribution in [2.75, 3.05) is 66.5 Å². The molecule has 0 aliphatic carbocycles. The van der Waals surface area contributed by atoms with Crippen LogP contribution < -0.4 is 10.6 Å². The molecule has 2 saturated heterocycles. The summed E-state index contributed by atoms with van der Waals surface area (Å²) >= 11 is 0. The Morgan fingerprint density at radius 2 is 1.64 bits per heavy atom. The van der Waals surface area contributed by atoms with Crippen molar-refractivity contribution in [1.29, 1.82) is 0 Å². The fourth-order valence-corrected chi connectivity index (χ4v) is 3.77. The van der Waals surface area contributed by atoms with Crippen molar-refractivity contribution >= 4 is 5.96 Å². The largest absolute Gasteiger partial charge is 0.355 e. The molecule has 0 aromatic carbocycles. The number of likely N-dealkylation sites (tertiary alicyclic amines) is 1. The summed E-state index contributed by atoms with van der Waals surface area (Å²) < 4.78 is 0. The number of nitrogens with one attached hydrogen (secondary N) is 2. The van der Waals surface area contributed by atoms with Crippen LogP contribution in [0.25, 0.3) is 0 Å². The third-order valence-electron chi connectivity index (χ3n) is 5.85. The Bertz CT molecular complexity index is 408. The van der Waals surface area contributed by atoms with E-state index in [0.29, 0.717) is 6.04 Å². The molecule has 6 nitrogen and oxygen atoms in total. The topological polar surface area (TPSA) is 46.1 Å². The molecule has 0 radical (unpaired) electrons. The molecule has 0 aromatic heterocycles. The summed E-state index contributed by atoms with van der Waals surface area (Å²) in [5.74, 6) is 0.922. The molecule has 0 amide bonds. The van der Waals surface area contributed by atoms with E-state index in [-0.39, 0.29) is 5.54 Å². The number of hydrogen-bond acceptors (Lipinski definition) is 4. The van der Waals surface area contributed by atoms with E-state index in [1.165, 1.54) is 45.4 Å². The molecule has 0 bridgehead atoms. The van der Waals surface area contributed by atoms with Gasteiger partial charge in [-0.1, -0.05) is 6.42 Å². The summed E-state index contributed by atoms with van der Waals surface area (Å²) in [5.41, 5.74) is 0.168. The second-order valence-electron chi connectivity index (χ2n) is 8.36. The number of piperidine rings is 1. The molecule has 146 valence electrons. The van der Waals surface area contributed by atoms with Gasteiger partial charge in [0.2, 0.25) is 0 Å². The number of guanidine groups is 1. The van der Waals surface area contributed by atoms with Gasteiger partial charge in [0.15, 0.2) is 5.96 Å². The first-order valence-electron chi connectivity index (χ1n) is 10.0. The van der Waals surface area contributed by atoms with Crippen LogP contribution >= 0.6 is 0 Å². The molecule has 2 aliphatic heterocycles. The summed E-state index contributed by atoms with van der Waals surface area (Å²) in [6.07, 6.45) is 4.05. The highest BCUT2D eigenvalue weighted by Crippen LogP contribution is 2.19. The van der Waals surface area contributed by atoms with Crippen molar-refractivity contribution in [3.05, 3.63) is 0 Å². The lowest BCUT2D eigenvalue weighted by Crippen LogP contribution is -2.56. The van der Waals surface area contributed by atoms with Gasteiger partial charge in [0.1, 0.15) is 0 Å². The molecule has 6 heteroatoms. The van der Waals surface area contributed by atoms with Gasteiger partial charge >= 0.3 is 0 Å². The van der Waals surface area contributed by atoms with Crippen molar-refractivity contribution < 1.29 is 0 Å². The van der Waals surface area contributed by atoms with Crippen molar-refractivity contribution in [3.63, 3.8) is 0 Å². The van der Waals surface area contributed by atoms with Gasteiger partial charge in [0, 0.05) is 57.9 Å². The summed E-state index contributed by atoms with van der Waals surface area (Å²) in [4.78, 5) is 12.0. The summed E-state index contributed by atoms with van der Waals surface area (Å²) in [5, 5.41) is 7.06. The predicted octanol–water partition coefficient (Wildman–Crippen LogP) is 1.05. The average Bonchev–Trinajstić information content (AvgIpc) is 2.63. The summed E-state index contributed by atoms with van der Waals surface area (Å²) in [6, 6.07) is 0.530. The van der Waals surface area contributed by atoms with E-state index in [1.54, 1.807) is 0 Å². The molecular formula is C19H40N6. The molecule has 25 heavy (non-hydrogen) atoms. The van der Waals surface area contributed by atoms with Crippen molar-refractivity contribution in [1.82, 2.24) is 25.3 Å². The maximum absolute atomic E-state index is 4.41. The fourth-order valence-electron chi connectivity index (χ4n) is 3.77. The minimum atomic E-state index is 0.168. The van der Waals surface area contributed by atoms with Gasteiger partial charge in [-0.15, -0.1) is 0 Å². The maximum atomic E-state index is 4.41. The lowest BCUT2D eigenvalue weighted by molar-refractivity contribution is 0.0980. The molecule has 2 heterocycles. The monoisotopic (exact) mass is 352 g/mol. The predicted molar refractivity (Wildman–Crippen MR) is 107 cm³/mol. The van der Waals surface area contributed by atoms with Crippen LogP contribution in [0, 0.1) is 0 Å². The second kappa shape index (κ2) is 9.74. The Hall–Kier alpha value is -0.850. The van der Waals surface area contributed by atoms with E-state index in [0.717, 1.165) is 32.1 Å². The third-order valence-corrected chi connectivity index (χ3v) is 5.85. The van der Waals surface area contributed by atoms with Crippen LogP contribution in [0.3, 0.4) is 0 Å². The van der Waals surface area contributed by atoms with Crippen LogP contribution in [-0.4, -0.2) is 98.7 Å². The lowest BCUT2D eigenvalue weighted by Gasteiger charge is -2.41. The number of aliphatic imine (C=N–C) groups is 1. The normalized spacial score (nSPS) is 23.5. The lowest BCUT2D eigenvalue weighted by atomic mass is 9.98. The smallest absolute Gasteiger partial charge is 0.191 e. The highest BCUT2D eigenvalue weighted by Gasteiger charge is 2.28. The van der Waals surface area contributed by atoms with E-state index >= 15 is 0 Å². The third kappa shape index (κ3) is 6.42. The molecular weight excluding hydrogens is 312 g/mol. The maximum Gasteiger partial charge on any atom is 0.191 e. The fraction of sp³-hybridized carbons (Fsp3) is 0.947.